The summed E-state index contributed by atoms with van der Waals surface area (Å²) in [6, 6.07) is 3.50. The van der Waals surface area contributed by atoms with E-state index in [9.17, 15) is 19.5 Å². The van der Waals surface area contributed by atoms with Crippen LogP contribution >= 0.6 is 0 Å². The molecular formula is C36H49NO5. The number of carboxylic acid groups (broad SMARTS) is 1. The summed E-state index contributed by atoms with van der Waals surface area (Å²) in [6.45, 7) is 15.8. The van der Waals surface area contributed by atoms with E-state index in [4.69, 9.17) is 4.74 Å². The van der Waals surface area contributed by atoms with E-state index in [1.807, 2.05) is 13.0 Å². The van der Waals surface area contributed by atoms with Gasteiger partial charge in [-0.25, -0.2) is 4.79 Å². The predicted octanol–water partition coefficient (Wildman–Crippen LogP) is 7.67. The van der Waals surface area contributed by atoms with Gasteiger partial charge in [-0.15, -0.1) is 0 Å². The molecule has 0 aromatic carbocycles. The first-order valence-electron chi connectivity index (χ1n) is 16.1. The summed E-state index contributed by atoms with van der Waals surface area (Å²) in [5.41, 5.74) is 0.173. The lowest BCUT2D eigenvalue weighted by atomic mass is 9.33. The van der Waals surface area contributed by atoms with Crippen LogP contribution in [0, 0.1) is 50.2 Å². The molecule has 0 radical (unpaired) electrons. The minimum atomic E-state index is -0.747. The van der Waals surface area contributed by atoms with E-state index in [0.29, 0.717) is 18.4 Å². The lowest BCUT2D eigenvalue weighted by Crippen LogP contribution is -2.66. The molecule has 9 atom stereocenters. The van der Waals surface area contributed by atoms with E-state index < -0.39 is 11.4 Å². The molecule has 6 nitrogen and oxygen atoms in total. The number of carboxylic acids is 1. The third-order valence-electron chi connectivity index (χ3n) is 14.2. The van der Waals surface area contributed by atoms with Gasteiger partial charge >= 0.3 is 11.9 Å². The van der Waals surface area contributed by atoms with Crippen molar-refractivity contribution in [1.29, 1.82) is 0 Å². The molecule has 1 aromatic rings. The van der Waals surface area contributed by atoms with Crippen LogP contribution in [0.1, 0.15) is 117 Å². The molecule has 0 spiro atoms. The van der Waals surface area contributed by atoms with Crippen LogP contribution in [-0.2, 0) is 14.3 Å². The molecule has 228 valence electrons. The number of pyridine rings is 1. The third-order valence-corrected chi connectivity index (χ3v) is 14.2. The number of fused-ring (bicyclic) bond motifs is 7. The molecule has 0 bridgehead atoms. The molecule has 2 unspecified atom stereocenters. The molecule has 6 rings (SSSR count). The second-order valence-electron chi connectivity index (χ2n) is 16.6. The van der Waals surface area contributed by atoms with Crippen molar-refractivity contribution in [3.05, 3.63) is 41.7 Å². The Labute approximate surface area is 251 Å². The van der Waals surface area contributed by atoms with Gasteiger partial charge in [-0.1, -0.05) is 47.1 Å². The Bertz CT molecular complexity index is 1350. The quantitative estimate of drug-likeness (QED) is 0.372. The number of nitrogens with zero attached hydrogens (tertiary/aromatic N) is 1. The van der Waals surface area contributed by atoms with Gasteiger partial charge in [0.25, 0.3) is 0 Å². The highest BCUT2D eigenvalue weighted by atomic mass is 16.5. The molecule has 1 heterocycles. The summed E-state index contributed by atoms with van der Waals surface area (Å²) in [5, 5.41) is 10.2. The zero-order valence-corrected chi connectivity index (χ0v) is 26.6. The van der Waals surface area contributed by atoms with E-state index >= 15 is 0 Å². The minimum Gasteiger partial charge on any atom is -0.481 e. The maximum absolute atomic E-state index is 14.5. The molecule has 5 aliphatic rings. The number of rotatable bonds is 3. The van der Waals surface area contributed by atoms with Gasteiger partial charge in [-0.05, 0) is 116 Å². The van der Waals surface area contributed by atoms with Crippen molar-refractivity contribution in [2.75, 3.05) is 0 Å². The summed E-state index contributed by atoms with van der Waals surface area (Å²) < 4.78 is 6.17. The molecule has 4 fully saturated rings. The van der Waals surface area contributed by atoms with Crippen molar-refractivity contribution >= 4 is 17.7 Å². The maximum Gasteiger partial charge on any atom is 0.339 e. The summed E-state index contributed by atoms with van der Waals surface area (Å²) >= 11 is 0. The van der Waals surface area contributed by atoms with Crippen molar-refractivity contribution < 1.29 is 24.2 Å². The highest BCUT2D eigenvalue weighted by Crippen LogP contribution is 2.75. The Kier molecular flexibility index (Phi) is 6.51. The second-order valence-corrected chi connectivity index (χ2v) is 16.6. The molecule has 1 N–H and O–H groups in total. The average Bonchev–Trinajstić information content (AvgIpc) is 2.92. The van der Waals surface area contributed by atoms with E-state index in [2.05, 4.69) is 46.5 Å². The fraction of sp³-hybridized carbons (Fsp3) is 0.722. The van der Waals surface area contributed by atoms with Crippen LogP contribution in [0.3, 0.4) is 0 Å². The molecule has 6 heteroatoms. The maximum atomic E-state index is 14.5. The van der Waals surface area contributed by atoms with E-state index in [-0.39, 0.29) is 62.7 Å². The lowest BCUT2D eigenvalue weighted by molar-refractivity contribution is -0.202. The van der Waals surface area contributed by atoms with Crippen LogP contribution in [0.2, 0.25) is 0 Å². The molecule has 0 aliphatic heterocycles. The molecule has 1 aromatic heterocycles. The molecular weight excluding hydrogens is 526 g/mol. The average molecular weight is 576 g/mol. The van der Waals surface area contributed by atoms with Crippen molar-refractivity contribution in [3.63, 3.8) is 0 Å². The minimum absolute atomic E-state index is 0.0447. The predicted molar refractivity (Wildman–Crippen MR) is 161 cm³/mol. The lowest BCUT2D eigenvalue weighted by Gasteiger charge is -2.70. The van der Waals surface area contributed by atoms with Crippen molar-refractivity contribution in [1.82, 2.24) is 4.98 Å². The largest absolute Gasteiger partial charge is 0.481 e. The van der Waals surface area contributed by atoms with Gasteiger partial charge in [-0.3, -0.25) is 14.6 Å². The van der Waals surface area contributed by atoms with Crippen molar-refractivity contribution in [2.45, 2.75) is 112 Å². The van der Waals surface area contributed by atoms with Gasteiger partial charge in [0.05, 0.1) is 11.0 Å². The Balaban J connectivity index is 1.35. The summed E-state index contributed by atoms with van der Waals surface area (Å²) in [5.74, 6) is -0.538. The number of ether oxygens (including phenoxy) is 1. The number of esters is 1. The Morgan fingerprint density at radius 1 is 0.952 bits per heavy atom. The summed E-state index contributed by atoms with van der Waals surface area (Å²) in [7, 11) is 0. The van der Waals surface area contributed by atoms with Gasteiger partial charge in [0.15, 0.2) is 5.78 Å². The third kappa shape index (κ3) is 3.88. The molecule has 4 saturated carbocycles. The Morgan fingerprint density at radius 3 is 2.33 bits per heavy atom. The fourth-order valence-electron chi connectivity index (χ4n) is 11.2. The number of aliphatic carboxylic acids is 1. The first-order valence-corrected chi connectivity index (χ1v) is 16.1. The molecule has 0 amide bonds. The van der Waals surface area contributed by atoms with Crippen LogP contribution in [0.15, 0.2) is 36.2 Å². The molecule has 0 saturated heterocycles. The first kappa shape index (κ1) is 29.6. The Hall–Kier alpha value is -2.50. The number of aromatic nitrogens is 1. The van der Waals surface area contributed by atoms with E-state index in [0.717, 1.165) is 44.9 Å². The highest BCUT2D eigenvalue weighted by Gasteiger charge is 2.70. The van der Waals surface area contributed by atoms with Crippen molar-refractivity contribution in [3.8, 4) is 0 Å². The highest BCUT2D eigenvalue weighted by molar-refractivity contribution is 5.96. The summed E-state index contributed by atoms with van der Waals surface area (Å²) in [6.07, 6.45) is 12.9. The van der Waals surface area contributed by atoms with Gasteiger partial charge in [0.2, 0.25) is 0 Å². The van der Waals surface area contributed by atoms with Gasteiger partial charge < -0.3 is 9.84 Å². The van der Waals surface area contributed by atoms with Crippen LogP contribution < -0.4 is 0 Å². The monoisotopic (exact) mass is 575 g/mol. The number of hydrogen-bond acceptors (Lipinski definition) is 5. The van der Waals surface area contributed by atoms with Crippen molar-refractivity contribution in [2.24, 2.45) is 50.2 Å². The second kappa shape index (κ2) is 9.25. The number of allylic oxidation sites excluding steroid dienone is 2. The van der Waals surface area contributed by atoms with Crippen LogP contribution in [0.25, 0.3) is 0 Å². The number of hydrogen-bond donors (Lipinski definition) is 1. The van der Waals surface area contributed by atoms with Gasteiger partial charge in [-0.2, -0.15) is 0 Å². The summed E-state index contributed by atoms with van der Waals surface area (Å²) in [4.78, 5) is 44.0. The molecule has 5 aliphatic carbocycles. The van der Waals surface area contributed by atoms with Gasteiger partial charge in [0.1, 0.15) is 6.10 Å². The Morgan fingerprint density at radius 2 is 1.67 bits per heavy atom. The van der Waals surface area contributed by atoms with Crippen LogP contribution in [0.5, 0.6) is 0 Å². The number of carbonyl (C=O) groups is 3. The zero-order chi connectivity index (χ0) is 30.5. The normalized spacial score (nSPS) is 45.8. The first-order chi connectivity index (χ1) is 19.5. The molecule has 42 heavy (non-hydrogen) atoms. The standard InChI is InChI=1S/C36H49NO5/c1-31(2)26-10-13-36(7)28(34(26,5)12-11-27(31)42-29(39)22-9-8-18-37-21-22)25(38)19-23-24-20-33(4,30(40)41)15-14-32(24,3)16-17-35(23,36)6/h8-9,18-19,21,24,26-28H,10-17,20H2,1-7H3,(H,40,41)/t24-,26?,27+,28?,32-,33+,34+,35-,36-/m1/s1. The number of carbonyl (C=O) groups excluding carboxylic acids is 2. The zero-order valence-electron chi connectivity index (χ0n) is 26.6. The smallest absolute Gasteiger partial charge is 0.339 e. The van der Waals surface area contributed by atoms with Crippen LogP contribution in [-0.4, -0.2) is 33.9 Å². The van der Waals surface area contributed by atoms with Crippen LogP contribution in [0.4, 0.5) is 0 Å². The van der Waals surface area contributed by atoms with E-state index in [1.165, 1.54) is 5.57 Å². The topological polar surface area (TPSA) is 93.6 Å². The fourth-order valence-corrected chi connectivity index (χ4v) is 11.2. The van der Waals surface area contributed by atoms with Gasteiger partial charge in [0, 0.05) is 23.7 Å². The van der Waals surface area contributed by atoms with E-state index in [1.54, 1.807) is 24.5 Å². The number of ketones is 1. The SMILES string of the molecule is CC1(C)C2CC[C@]3(C)C(C(=O)C=C4[C@H]5C[C@@](C)(C(=O)O)CC[C@]5(C)CC[C@]43C)[C@@]2(C)CC[C@@H]1OC(=O)c1cccnc1.